The van der Waals surface area contributed by atoms with Crippen LogP contribution in [-0.2, 0) is 4.74 Å². The second-order valence-corrected chi connectivity index (χ2v) is 9.50. The third-order valence-corrected chi connectivity index (χ3v) is 7.27. The summed E-state index contributed by atoms with van der Waals surface area (Å²) in [5.74, 6) is 0.0710. The van der Waals surface area contributed by atoms with Crippen LogP contribution in [0.25, 0.3) is 10.6 Å². The van der Waals surface area contributed by atoms with Gasteiger partial charge in [-0.05, 0) is 56.0 Å². The van der Waals surface area contributed by atoms with E-state index >= 15 is 0 Å². The molecule has 1 fully saturated rings. The lowest BCUT2D eigenvalue weighted by Crippen LogP contribution is -2.36. The predicted octanol–water partition coefficient (Wildman–Crippen LogP) is 6.05. The summed E-state index contributed by atoms with van der Waals surface area (Å²) in [6.07, 6.45) is 2.52. The van der Waals surface area contributed by atoms with Crippen molar-refractivity contribution < 1.29 is 14.3 Å². The number of nitrogens with zero attached hydrogens (tertiary/aromatic N) is 2. The zero-order valence-electron chi connectivity index (χ0n) is 18.1. The number of Topliss-reactive ketones (excluding diaryl/α,β-unsaturated/α-hetero) is 1. The highest BCUT2D eigenvalue weighted by molar-refractivity contribution is 7.17. The molecule has 0 N–H and O–H groups in total. The van der Waals surface area contributed by atoms with E-state index in [1.807, 2.05) is 49.4 Å². The van der Waals surface area contributed by atoms with E-state index in [0.717, 1.165) is 52.8 Å². The number of thiazole rings is 1. The highest BCUT2D eigenvalue weighted by Gasteiger charge is 2.25. The molecule has 0 amide bonds. The second kappa shape index (κ2) is 9.84. The van der Waals surface area contributed by atoms with Crippen LogP contribution >= 0.6 is 22.9 Å². The maximum absolute atomic E-state index is 13.1. The minimum atomic E-state index is -0.340. The Morgan fingerprint density at radius 1 is 1.22 bits per heavy atom. The number of hydrogen-bond donors (Lipinski definition) is 0. The van der Waals surface area contributed by atoms with E-state index in [1.165, 1.54) is 18.4 Å². The Balaban J connectivity index is 1.45. The van der Waals surface area contributed by atoms with Crippen molar-refractivity contribution in [2.45, 2.75) is 26.2 Å². The Kier molecular flexibility index (Phi) is 6.92. The highest BCUT2D eigenvalue weighted by atomic mass is 35.5. The zero-order valence-corrected chi connectivity index (χ0v) is 19.7. The number of methoxy groups -OCH3 is 1. The first kappa shape index (κ1) is 22.5. The number of aryl methyl sites for hydroxylation is 1. The van der Waals surface area contributed by atoms with Gasteiger partial charge in [-0.3, -0.25) is 4.79 Å². The number of aromatic nitrogens is 1. The first-order chi connectivity index (χ1) is 15.4. The van der Waals surface area contributed by atoms with E-state index in [1.54, 1.807) is 6.07 Å². The zero-order chi connectivity index (χ0) is 22.7. The summed E-state index contributed by atoms with van der Waals surface area (Å²) in [5.41, 5.74) is 3.28. The molecule has 0 radical (unpaired) electrons. The summed E-state index contributed by atoms with van der Waals surface area (Å²) >= 11 is 7.44. The lowest BCUT2D eigenvalue weighted by atomic mass is 9.92. The van der Waals surface area contributed by atoms with E-state index in [-0.39, 0.29) is 17.7 Å². The maximum atomic E-state index is 13.1. The van der Waals surface area contributed by atoms with Gasteiger partial charge >= 0.3 is 5.97 Å². The molecule has 32 heavy (non-hydrogen) atoms. The van der Waals surface area contributed by atoms with E-state index in [2.05, 4.69) is 9.88 Å². The number of ketones is 1. The molecular formula is C25H25ClN2O3S. The van der Waals surface area contributed by atoms with Gasteiger partial charge in [0.2, 0.25) is 0 Å². The van der Waals surface area contributed by atoms with Gasteiger partial charge in [0.05, 0.1) is 23.2 Å². The Hall–Kier alpha value is -2.70. The molecule has 1 aliphatic rings. The third-order valence-electron chi connectivity index (χ3n) is 5.77. The summed E-state index contributed by atoms with van der Waals surface area (Å²) in [7, 11) is 1.39. The average Bonchev–Trinajstić information content (AvgIpc) is 3.21. The van der Waals surface area contributed by atoms with Crippen LogP contribution in [0.5, 0.6) is 0 Å². The van der Waals surface area contributed by atoms with Gasteiger partial charge < -0.3 is 9.64 Å². The SMILES string of the molecule is COC(=O)c1cccc(N2CCCC(CC(=O)c3sc(-c4ccc(Cl)cc4)nc3C)C2)c1. The molecule has 1 atom stereocenters. The molecule has 5 nitrogen and oxygen atoms in total. The number of ether oxygens (including phenoxy) is 1. The number of halogens is 1. The van der Waals surface area contributed by atoms with Crippen LogP contribution in [0.1, 0.15) is 45.0 Å². The van der Waals surface area contributed by atoms with Crippen LogP contribution in [0, 0.1) is 12.8 Å². The molecule has 1 unspecified atom stereocenters. The molecule has 166 valence electrons. The molecule has 1 aliphatic heterocycles. The number of carbonyl (C=O) groups excluding carboxylic acids is 2. The van der Waals surface area contributed by atoms with Crippen LogP contribution in [-0.4, -0.2) is 36.9 Å². The number of esters is 1. The van der Waals surface area contributed by atoms with Crippen LogP contribution in [0.4, 0.5) is 5.69 Å². The number of piperidine rings is 1. The van der Waals surface area contributed by atoms with Crippen molar-refractivity contribution >= 4 is 40.4 Å². The summed E-state index contributed by atoms with van der Waals surface area (Å²) < 4.78 is 4.84. The fourth-order valence-electron chi connectivity index (χ4n) is 4.14. The Bertz CT molecular complexity index is 1130. The highest BCUT2D eigenvalue weighted by Crippen LogP contribution is 2.32. The lowest BCUT2D eigenvalue weighted by molar-refractivity contribution is 0.0600. The number of hydrogen-bond acceptors (Lipinski definition) is 6. The predicted molar refractivity (Wildman–Crippen MR) is 129 cm³/mol. The molecule has 1 aromatic heterocycles. The lowest BCUT2D eigenvalue weighted by Gasteiger charge is -2.34. The van der Waals surface area contributed by atoms with Gasteiger partial charge in [-0.15, -0.1) is 11.3 Å². The molecule has 3 aromatic rings. The molecule has 4 rings (SSSR count). The molecule has 2 heterocycles. The molecule has 0 spiro atoms. The topological polar surface area (TPSA) is 59.5 Å². The van der Waals surface area contributed by atoms with E-state index < -0.39 is 0 Å². The minimum absolute atomic E-state index is 0.148. The van der Waals surface area contributed by atoms with Crippen molar-refractivity contribution in [1.29, 1.82) is 0 Å². The number of rotatable bonds is 6. The maximum Gasteiger partial charge on any atom is 0.337 e. The van der Waals surface area contributed by atoms with E-state index in [0.29, 0.717) is 17.0 Å². The molecular weight excluding hydrogens is 444 g/mol. The van der Waals surface area contributed by atoms with Crippen molar-refractivity contribution in [1.82, 2.24) is 4.98 Å². The molecule has 7 heteroatoms. The number of benzene rings is 2. The van der Waals surface area contributed by atoms with Gasteiger partial charge in [0, 0.05) is 35.8 Å². The van der Waals surface area contributed by atoms with Crippen molar-refractivity contribution in [2.24, 2.45) is 5.92 Å². The van der Waals surface area contributed by atoms with Crippen LogP contribution in [0.3, 0.4) is 0 Å². The largest absolute Gasteiger partial charge is 0.465 e. The van der Waals surface area contributed by atoms with Gasteiger partial charge in [-0.2, -0.15) is 0 Å². The number of anilines is 1. The summed E-state index contributed by atoms with van der Waals surface area (Å²) in [5, 5.41) is 1.52. The molecule has 0 saturated carbocycles. The van der Waals surface area contributed by atoms with Crippen LogP contribution in [0.2, 0.25) is 5.02 Å². The smallest absolute Gasteiger partial charge is 0.337 e. The Labute approximate surface area is 197 Å². The minimum Gasteiger partial charge on any atom is -0.465 e. The van der Waals surface area contributed by atoms with Gasteiger partial charge in [0.1, 0.15) is 5.01 Å². The fraction of sp³-hybridized carbons (Fsp3) is 0.320. The average molecular weight is 469 g/mol. The summed E-state index contributed by atoms with van der Waals surface area (Å²) in [4.78, 5) is 32.6. The van der Waals surface area contributed by atoms with Gasteiger partial charge in [0.15, 0.2) is 5.78 Å². The summed E-state index contributed by atoms with van der Waals surface area (Å²) in [6.45, 7) is 3.60. The molecule has 2 aromatic carbocycles. The van der Waals surface area contributed by atoms with Crippen molar-refractivity contribution in [3.05, 3.63) is 69.7 Å². The van der Waals surface area contributed by atoms with Crippen molar-refractivity contribution in [3.63, 3.8) is 0 Å². The quantitative estimate of drug-likeness (QED) is 0.325. The van der Waals surface area contributed by atoms with E-state index in [4.69, 9.17) is 16.3 Å². The molecule has 0 aliphatic carbocycles. The van der Waals surface area contributed by atoms with Crippen molar-refractivity contribution in [2.75, 3.05) is 25.1 Å². The van der Waals surface area contributed by atoms with Gasteiger partial charge in [-0.1, -0.05) is 29.8 Å². The van der Waals surface area contributed by atoms with E-state index in [9.17, 15) is 9.59 Å². The Morgan fingerprint density at radius 3 is 2.75 bits per heavy atom. The van der Waals surface area contributed by atoms with Crippen LogP contribution in [0.15, 0.2) is 48.5 Å². The molecule has 0 bridgehead atoms. The first-order valence-electron chi connectivity index (χ1n) is 10.6. The Morgan fingerprint density at radius 2 is 2.00 bits per heavy atom. The number of carbonyl (C=O) groups is 2. The third kappa shape index (κ3) is 5.03. The summed E-state index contributed by atoms with van der Waals surface area (Å²) in [6, 6.07) is 15.0. The molecule has 1 saturated heterocycles. The first-order valence-corrected chi connectivity index (χ1v) is 11.8. The van der Waals surface area contributed by atoms with Crippen LogP contribution < -0.4 is 4.90 Å². The monoisotopic (exact) mass is 468 g/mol. The normalized spacial score (nSPS) is 16.1. The van der Waals surface area contributed by atoms with Gasteiger partial charge in [-0.25, -0.2) is 9.78 Å². The second-order valence-electron chi connectivity index (χ2n) is 8.06. The van der Waals surface area contributed by atoms with Crippen molar-refractivity contribution in [3.8, 4) is 10.6 Å². The van der Waals surface area contributed by atoms with Gasteiger partial charge in [0.25, 0.3) is 0 Å². The standard InChI is InChI=1S/C25H25ClN2O3S/c1-16-23(32-24(27-16)18-8-10-20(26)11-9-18)22(29)13-17-5-4-12-28(15-17)21-7-3-6-19(14-21)25(30)31-2/h3,6-11,14,17H,4-5,12-13,15H2,1-2H3. The fourth-order valence-corrected chi connectivity index (χ4v) is 5.29.